The molecule has 1 aromatic heterocycles. The molecule has 0 spiro atoms. The van der Waals surface area contributed by atoms with Gasteiger partial charge in [0.2, 0.25) is 5.91 Å². The van der Waals surface area contributed by atoms with E-state index < -0.39 is 11.6 Å². The van der Waals surface area contributed by atoms with Crippen LogP contribution in [0, 0.1) is 11.6 Å². The lowest BCUT2D eigenvalue weighted by molar-refractivity contribution is -0.134. The second-order valence-electron chi connectivity index (χ2n) is 7.90. The van der Waals surface area contributed by atoms with E-state index in [-0.39, 0.29) is 30.2 Å². The zero-order valence-electron chi connectivity index (χ0n) is 18.0. The van der Waals surface area contributed by atoms with Gasteiger partial charge in [0.15, 0.2) is 24.0 Å². The minimum absolute atomic E-state index is 0.00642. The molecule has 2 aromatic rings. The molecule has 8 nitrogen and oxygen atoms in total. The third kappa shape index (κ3) is 4.35. The van der Waals surface area contributed by atoms with Crippen molar-refractivity contribution in [3.05, 3.63) is 46.9 Å². The van der Waals surface area contributed by atoms with Crippen LogP contribution in [0.25, 0.3) is 0 Å². The van der Waals surface area contributed by atoms with E-state index in [1.165, 1.54) is 0 Å². The molecular weight excluding hydrogens is 420 g/mol. The molecule has 1 fully saturated rings. The van der Waals surface area contributed by atoms with Crippen molar-refractivity contribution in [3.63, 3.8) is 0 Å². The van der Waals surface area contributed by atoms with E-state index in [9.17, 15) is 18.4 Å². The number of nitrogens with zero attached hydrogens (tertiary/aromatic N) is 4. The molecule has 1 saturated heterocycles. The van der Waals surface area contributed by atoms with Gasteiger partial charge in [-0.15, -0.1) is 0 Å². The highest BCUT2D eigenvalue weighted by molar-refractivity contribution is 5.78. The van der Waals surface area contributed by atoms with E-state index in [2.05, 4.69) is 10.3 Å². The maximum absolute atomic E-state index is 13.8. The minimum atomic E-state index is -0.855. The highest BCUT2D eigenvalue weighted by Gasteiger charge is 2.34. The Balaban J connectivity index is 1.51. The van der Waals surface area contributed by atoms with Crippen LogP contribution in [0.2, 0.25) is 0 Å². The number of anilines is 1. The number of benzene rings is 1. The summed E-state index contributed by atoms with van der Waals surface area (Å²) in [5.41, 5.74) is 1.77. The second-order valence-corrected chi connectivity index (χ2v) is 7.90. The Labute approximate surface area is 184 Å². The first-order valence-corrected chi connectivity index (χ1v) is 10.6. The molecule has 32 heavy (non-hydrogen) atoms. The quantitative estimate of drug-likeness (QED) is 0.761. The number of hydrogen-bond donors (Lipinski definition) is 1. The van der Waals surface area contributed by atoms with Gasteiger partial charge < -0.3 is 19.9 Å². The van der Waals surface area contributed by atoms with Crippen LogP contribution in [0.1, 0.15) is 42.9 Å². The molecule has 1 aromatic carbocycles. The highest BCUT2D eigenvalue weighted by Crippen LogP contribution is 2.33. The number of amides is 2. The topological polar surface area (TPSA) is 87.7 Å². The Kier molecular flexibility index (Phi) is 6.20. The molecule has 2 aliphatic heterocycles. The molecule has 1 N–H and O–H groups in total. The molecule has 10 heteroatoms. The van der Waals surface area contributed by atoms with Crippen molar-refractivity contribution < 1.29 is 23.1 Å². The predicted molar refractivity (Wildman–Crippen MR) is 112 cm³/mol. The van der Waals surface area contributed by atoms with E-state index in [0.29, 0.717) is 50.2 Å². The molecule has 0 aliphatic carbocycles. The fourth-order valence-electron chi connectivity index (χ4n) is 4.21. The van der Waals surface area contributed by atoms with Crippen LogP contribution in [0.15, 0.2) is 18.2 Å². The Morgan fingerprint density at radius 2 is 2.06 bits per heavy atom. The van der Waals surface area contributed by atoms with Gasteiger partial charge >= 0.3 is 0 Å². The van der Waals surface area contributed by atoms with Crippen molar-refractivity contribution in [1.82, 2.24) is 19.8 Å². The van der Waals surface area contributed by atoms with Gasteiger partial charge in [0.25, 0.3) is 5.91 Å². The average Bonchev–Trinajstić information content (AvgIpc) is 3.27. The molecule has 0 unspecified atom stereocenters. The molecule has 0 bridgehead atoms. The minimum Gasteiger partial charge on any atom is -0.481 e. The third-order valence-corrected chi connectivity index (χ3v) is 5.88. The van der Waals surface area contributed by atoms with Gasteiger partial charge in [-0.3, -0.25) is 9.59 Å². The summed E-state index contributed by atoms with van der Waals surface area (Å²) in [5, 5.41) is 3.09. The maximum Gasteiger partial charge on any atom is 0.261 e. The van der Waals surface area contributed by atoms with E-state index in [1.807, 2.05) is 0 Å². The number of carbonyl (C=O) groups is 2. The van der Waals surface area contributed by atoms with Gasteiger partial charge in [-0.25, -0.2) is 18.7 Å². The molecule has 0 radical (unpaired) electrons. The third-order valence-electron chi connectivity index (χ3n) is 5.88. The maximum atomic E-state index is 13.8. The van der Waals surface area contributed by atoms with E-state index in [1.54, 1.807) is 23.8 Å². The standard InChI is InChI=1S/C22H25F2N5O3/c1-13(30)28-9-7-17-15(11-28)21(25-2)27-22(26-17)18-4-3-8-29(18)20(31)12-32-19-6-5-14(23)10-16(19)24/h5-6,10,18H,3-4,7-9,11-12H2,1-2H3,(H,25,26,27)/t18-/m0/s1. The first-order valence-electron chi connectivity index (χ1n) is 10.6. The molecule has 2 aliphatic rings. The lowest BCUT2D eigenvalue weighted by Gasteiger charge is -2.30. The van der Waals surface area contributed by atoms with Gasteiger partial charge in [0.1, 0.15) is 11.6 Å². The van der Waals surface area contributed by atoms with Crippen LogP contribution in [0.3, 0.4) is 0 Å². The number of fused-ring (bicyclic) bond motifs is 1. The van der Waals surface area contributed by atoms with Crippen LogP contribution in [-0.2, 0) is 22.6 Å². The van der Waals surface area contributed by atoms with Gasteiger partial charge in [0, 0.05) is 45.1 Å². The van der Waals surface area contributed by atoms with Crippen molar-refractivity contribution in [2.45, 2.75) is 38.8 Å². The Bertz CT molecular complexity index is 1030. The van der Waals surface area contributed by atoms with Crippen LogP contribution in [0.4, 0.5) is 14.6 Å². The lowest BCUT2D eigenvalue weighted by Crippen LogP contribution is -2.37. The molecule has 1 atom stereocenters. The number of nitrogens with one attached hydrogen (secondary N) is 1. The van der Waals surface area contributed by atoms with Crippen molar-refractivity contribution in [2.75, 3.05) is 32.1 Å². The first kappa shape index (κ1) is 21.9. The summed E-state index contributed by atoms with van der Waals surface area (Å²) in [7, 11) is 1.77. The summed E-state index contributed by atoms with van der Waals surface area (Å²) in [6.45, 7) is 2.74. The molecule has 170 valence electrons. The number of rotatable bonds is 5. The number of carbonyl (C=O) groups excluding carboxylic acids is 2. The number of aromatic nitrogens is 2. The fourth-order valence-corrected chi connectivity index (χ4v) is 4.21. The summed E-state index contributed by atoms with van der Waals surface area (Å²) >= 11 is 0. The van der Waals surface area contributed by atoms with Crippen molar-refractivity contribution in [1.29, 1.82) is 0 Å². The van der Waals surface area contributed by atoms with Gasteiger partial charge in [-0.05, 0) is 25.0 Å². The van der Waals surface area contributed by atoms with Gasteiger partial charge in [-0.1, -0.05) is 0 Å². The van der Waals surface area contributed by atoms with Crippen LogP contribution in [0.5, 0.6) is 5.75 Å². The van der Waals surface area contributed by atoms with Crippen LogP contribution >= 0.6 is 0 Å². The summed E-state index contributed by atoms with van der Waals surface area (Å²) in [5.74, 6) is -0.849. The number of ether oxygens (including phenoxy) is 1. The number of likely N-dealkylation sites (tertiary alicyclic amines) is 1. The Hall–Kier alpha value is -3.30. The Morgan fingerprint density at radius 1 is 1.25 bits per heavy atom. The van der Waals surface area contributed by atoms with Gasteiger partial charge in [-0.2, -0.15) is 0 Å². The predicted octanol–water partition coefficient (Wildman–Crippen LogP) is 2.44. The van der Waals surface area contributed by atoms with Crippen molar-refractivity contribution in [2.24, 2.45) is 0 Å². The summed E-state index contributed by atoms with van der Waals surface area (Å²) in [4.78, 5) is 37.4. The Morgan fingerprint density at radius 3 is 2.78 bits per heavy atom. The molecule has 2 amide bonds. The SMILES string of the molecule is CNc1nc([C@@H]2CCCN2C(=O)COc2ccc(F)cc2F)nc2c1CN(C(C)=O)CC2. The summed E-state index contributed by atoms with van der Waals surface area (Å²) < 4.78 is 32.2. The molecular formula is C22H25F2N5O3. The smallest absolute Gasteiger partial charge is 0.261 e. The van der Waals surface area contributed by atoms with Crippen LogP contribution in [-0.4, -0.2) is 58.3 Å². The normalized spacial score (nSPS) is 17.8. The zero-order valence-corrected chi connectivity index (χ0v) is 18.0. The van der Waals surface area contributed by atoms with Crippen molar-refractivity contribution in [3.8, 4) is 5.75 Å². The highest BCUT2D eigenvalue weighted by atomic mass is 19.1. The molecule has 4 rings (SSSR count). The summed E-state index contributed by atoms with van der Waals surface area (Å²) in [6.07, 6.45) is 2.11. The zero-order chi connectivity index (χ0) is 22.8. The second kappa shape index (κ2) is 9.05. The number of halogens is 2. The first-order chi connectivity index (χ1) is 15.4. The van der Waals surface area contributed by atoms with E-state index in [0.717, 1.165) is 29.8 Å². The largest absolute Gasteiger partial charge is 0.481 e. The van der Waals surface area contributed by atoms with Crippen molar-refractivity contribution >= 4 is 17.6 Å². The number of hydrogen-bond acceptors (Lipinski definition) is 6. The molecule has 0 saturated carbocycles. The van der Waals surface area contributed by atoms with E-state index >= 15 is 0 Å². The average molecular weight is 445 g/mol. The van der Waals surface area contributed by atoms with Crippen LogP contribution < -0.4 is 10.1 Å². The van der Waals surface area contributed by atoms with E-state index in [4.69, 9.17) is 9.72 Å². The monoisotopic (exact) mass is 445 g/mol. The summed E-state index contributed by atoms with van der Waals surface area (Å²) in [6, 6.07) is 2.64. The lowest BCUT2D eigenvalue weighted by atomic mass is 10.0. The molecule has 3 heterocycles. The fraction of sp³-hybridized carbons (Fsp3) is 0.455. The van der Waals surface area contributed by atoms with Gasteiger partial charge in [0.05, 0.1) is 18.3 Å².